The molecule has 2 N–H and O–H groups in total. The average Bonchev–Trinajstić information content (AvgIpc) is 2.42. The Labute approximate surface area is 146 Å². The molecule has 0 aromatic heterocycles. The van der Waals surface area contributed by atoms with Crippen molar-refractivity contribution in [2.24, 2.45) is 10.9 Å². The highest BCUT2D eigenvalue weighted by Gasteiger charge is 2.00. The van der Waals surface area contributed by atoms with Crippen LogP contribution >= 0.6 is 24.0 Å². The van der Waals surface area contributed by atoms with E-state index in [2.05, 4.69) is 72.7 Å². The Morgan fingerprint density at radius 3 is 2.24 bits per heavy atom. The van der Waals surface area contributed by atoms with Crippen molar-refractivity contribution in [3.05, 3.63) is 29.8 Å². The van der Waals surface area contributed by atoms with E-state index in [1.54, 1.807) is 0 Å². The van der Waals surface area contributed by atoms with Gasteiger partial charge < -0.3 is 15.5 Å². The van der Waals surface area contributed by atoms with E-state index in [1.807, 2.05) is 7.05 Å². The number of rotatable bonds is 6. The number of guanidine groups is 1. The molecule has 0 aliphatic carbocycles. The second-order valence-electron chi connectivity index (χ2n) is 5.58. The molecule has 21 heavy (non-hydrogen) atoms. The van der Waals surface area contributed by atoms with E-state index in [-0.39, 0.29) is 24.0 Å². The smallest absolute Gasteiger partial charge is 0.190 e. The monoisotopic (exact) mass is 404 g/mol. The van der Waals surface area contributed by atoms with Gasteiger partial charge in [-0.05, 0) is 30.0 Å². The van der Waals surface area contributed by atoms with Gasteiger partial charge in [0.05, 0.1) is 0 Å². The Morgan fingerprint density at radius 1 is 1.14 bits per heavy atom. The highest BCUT2D eigenvalue weighted by molar-refractivity contribution is 14.0. The summed E-state index contributed by atoms with van der Waals surface area (Å²) in [6, 6.07) is 8.67. The van der Waals surface area contributed by atoms with Gasteiger partial charge in [0, 0.05) is 39.9 Å². The molecule has 5 heteroatoms. The van der Waals surface area contributed by atoms with Gasteiger partial charge in [0.15, 0.2) is 5.96 Å². The van der Waals surface area contributed by atoms with Crippen LogP contribution in [-0.2, 0) is 6.42 Å². The normalized spacial score (nSPS) is 11.0. The van der Waals surface area contributed by atoms with Crippen LogP contribution in [0.25, 0.3) is 0 Å². The van der Waals surface area contributed by atoms with Crippen LogP contribution in [-0.4, -0.2) is 40.2 Å². The van der Waals surface area contributed by atoms with Gasteiger partial charge in [0.1, 0.15) is 0 Å². The lowest BCUT2D eigenvalue weighted by molar-refractivity contribution is 0.614. The summed E-state index contributed by atoms with van der Waals surface area (Å²) in [4.78, 5) is 6.33. The summed E-state index contributed by atoms with van der Waals surface area (Å²) >= 11 is 0. The minimum absolute atomic E-state index is 0. The Kier molecular flexibility index (Phi) is 10.2. The standard InChI is InChI=1S/C16H28N4.HI/c1-13(2)12-19-16(17-3)18-11-10-14-6-8-15(9-7-14)20(4)5;/h6-9,13H,10-12H2,1-5H3,(H2,17,18,19);1H. The number of benzene rings is 1. The SMILES string of the molecule is CN=C(NCCc1ccc(N(C)C)cc1)NCC(C)C.I. The first kappa shape index (κ1) is 20.0. The molecule has 120 valence electrons. The Hall–Kier alpha value is -0.980. The average molecular weight is 404 g/mol. The largest absolute Gasteiger partial charge is 0.378 e. The molecule has 0 amide bonds. The fourth-order valence-corrected chi connectivity index (χ4v) is 1.81. The molecule has 0 fully saturated rings. The zero-order valence-electron chi connectivity index (χ0n) is 13.8. The van der Waals surface area contributed by atoms with Crippen molar-refractivity contribution in [3.63, 3.8) is 0 Å². The third-order valence-electron chi connectivity index (χ3n) is 3.06. The summed E-state index contributed by atoms with van der Waals surface area (Å²) in [5, 5.41) is 6.65. The van der Waals surface area contributed by atoms with E-state index in [0.717, 1.165) is 25.5 Å². The fourth-order valence-electron chi connectivity index (χ4n) is 1.81. The molecule has 0 radical (unpaired) electrons. The van der Waals surface area contributed by atoms with Gasteiger partial charge in [-0.25, -0.2) is 0 Å². The molecule has 4 nitrogen and oxygen atoms in total. The first-order valence-corrected chi connectivity index (χ1v) is 7.23. The van der Waals surface area contributed by atoms with Gasteiger partial charge in [0.25, 0.3) is 0 Å². The summed E-state index contributed by atoms with van der Waals surface area (Å²) in [6.45, 7) is 6.20. The van der Waals surface area contributed by atoms with E-state index in [0.29, 0.717) is 5.92 Å². The van der Waals surface area contributed by atoms with Crippen LogP contribution in [0.3, 0.4) is 0 Å². The zero-order valence-corrected chi connectivity index (χ0v) is 16.1. The highest BCUT2D eigenvalue weighted by atomic mass is 127. The summed E-state index contributed by atoms with van der Waals surface area (Å²) in [7, 11) is 5.92. The molecular formula is C16H29IN4. The van der Waals surface area contributed by atoms with Crippen molar-refractivity contribution in [2.45, 2.75) is 20.3 Å². The molecule has 0 unspecified atom stereocenters. The molecule has 0 spiro atoms. The molecule has 0 bridgehead atoms. The quantitative estimate of drug-likeness (QED) is 0.435. The topological polar surface area (TPSA) is 39.7 Å². The summed E-state index contributed by atoms with van der Waals surface area (Å²) < 4.78 is 0. The molecule has 0 aliphatic rings. The first-order chi connectivity index (χ1) is 9.52. The molecule has 0 saturated carbocycles. The minimum Gasteiger partial charge on any atom is -0.378 e. The van der Waals surface area contributed by atoms with Gasteiger partial charge in [-0.3, -0.25) is 4.99 Å². The van der Waals surface area contributed by atoms with Crippen LogP contribution < -0.4 is 15.5 Å². The van der Waals surface area contributed by atoms with E-state index < -0.39 is 0 Å². The molecule has 0 atom stereocenters. The van der Waals surface area contributed by atoms with E-state index >= 15 is 0 Å². The number of nitrogens with zero attached hydrogens (tertiary/aromatic N) is 2. The van der Waals surface area contributed by atoms with Gasteiger partial charge >= 0.3 is 0 Å². The van der Waals surface area contributed by atoms with Crippen molar-refractivity contribution in [3.8, 4) is 0 Å². The van der Waals surface area contributed by atoms with Gasteiger partial charge in [-0.15, -0.1) is 24.0 Å². The number of anilines is 1. The maximum Gasteiger partial charge on any atom is 0.190 e. The lowest BCUT2D eigenvalue weighted by atomic mass is 10.1. The van der Waals surface area contributed by atoms with Gasteiger partial charge in [-0.1, -0.05) is 26.0 Å². The van der Waals surface area contributed by atoms with Crippen LogP contribution in [0.4, 0.5) is 5.69 Å². The molecule has 1 aromatic carbocycles. The Balaban J connectivity index is 0.00000400. The van der Waals surface area contributed by atoms with Crippen LogP contribution in [0, 0.1) is 5.92 Å². The number of nitrogens with one attached hydrogen (secondary N) is 2. The first-order valence-electron chi connectivity index (χ1n) is 7.23. The summed E-state index contributed by atoms with van der Waals surface area (Å²) in [6.07, 6.45) is 0.996. The predicted octanol–water partition coefficient (Wildman–Crippen LogP) is 2.73. The van der Waals surface area contributed by atoms with Crippen LogP contribution in [0.1, 0.15) is 19.4 Å². The third-order valence-corrected chi connectivity index (χ3v) is 3.06. The van der Waals surface area contributed by atoms with Crippen LogP contribution in [0.15, 0.2) is 29.3 Å². The lowest BCUT2D eigenvalue weighted by Crippen LogP contribution is -2.39. The van der Waals surface area contributed by atoms with E-state index in [4.69, 9.17) is 0 Å². The van der Waals surface area contributed by atoms with Crippen molar-refractivity contribution in [2.75, 3.05) is 39.1 Å². The van der Waals surface area contributed by atoms with Crippen molar-refractivity contribution in [1.29, 1.82) is 0 Å². The van der Waals surface area contributed by atoms with Gasteiger partial charge in [-0.2, -0.15) is 0 Å². The Morgan fingerprint density at radius 2 is 1.76 bits per heavy atom. The van der Waals surface area contributed by atoms with Gasteiger partial charge in [0.2, 0.25) is 0 Å². The minimum atomic E-state index is 0. The van der Waals surface area contributed by atoms with E-state index in [1.165, 1.54) is 11.3 Å². The second-order valence-corrected chi connectivity index (χ2v) is 5.58. The molecule has 0 heterocycles. The van der Waals surface area contributed by atoms with Crippen molar-refractivity contribution in [1.82, 2.24) is 10.6 Å². The highest BCUT2D eigenvalue weighted by Crippen LogP contribution is 2.12. The summed E-state index contributed by atoms with van der Waals surface area (Å²) in [5.41, 5.74) is 2.57. The zero-order chi connectivity index (χ0) is 15.0. The van der Waals surface area contributed by atoms with Crippen LogP contribution in [0.5, 0.6) is 0 Å². The predicted molar refractivity (Wildman–Crippen MR) is 104 cm³/mol. The molecular weight excluding hydrogens is 375 g/mol. The Bertz CT molecular complexity index is 413. The molecule has 1 aromatic rings. The maximum atomic E-state index is 4.22. The number of aliphatic imine (C=N–C) groups is 1. The van der Waals surface area contributed by atoms with E-state index in [9.17, 15) is 0 Å². The van der Waals surface area contributed by atoms with Crippen LogP contribution in [0.2, 0.25) is 0 Å². The fraction of sp³-hybridized carbons (Fsp3) is 0.562. The molecule has 0 aliphatic heterocycles. The number of hydrogen-bond donors (Lipinski definition) is 2. The van der Waals surface area contributed by atoms with Crippen molar-refractivity contribution < 1.29 is 0 Å². The molecule has 0 saturated heterocycles. The number of halogens is 1. The number of hydrogen-bond acceptors (Lipinski definition) is 2. The molecule has 1 rings (SSSR count). The third kappa shape index (κ3) is 8.14. The van der Waals surface area contributed by atoms with Crippen molar-refractivity contribution >= 4 is 35.6 Å². The lowest BCUT2D eigenvalue weighted by Gasteiger charge is -2.14. The second kappa shape index (κ2) is 10.7. The summed E-state index contributed by atoms with van der Waals surface area (Å²) in [5.74, 6) is 1.50. The maximum absolute atomic E-state index is 4.22.